The minimum Gasteiger partial charge on any atom is -0.371 e. The molecule has 39 heavy (non-hydrogen) atoms. The Hall–Kier alpha value is -3.59. The maximum atomic E-state index is 12.1. The van der Waals surface area contributed by atoms with Crippen LogP contribution in [0.25, 0.3) is 0 Å². The first-order chi connectivity index (χ1) is 19.0. The van der Waals surface area contributed by atoms with Crippen molar-refractivity contribution in [1.29, 1.82) is 0 Å². The van der Waals surface area contributed by atoms with E-state index in [-0.39, 0.29) is 5.56 Å². The van der Waals surface area contributed by atoms with Crippen molar-refractivity contribution in [3.8, 4) is 0 Å². The number of nitrogens with one attached hydrogen (secondary N) is 1. The summed E-state index contributed by atoms with van der Waals surface area (Å²) >= 11 is 0. The molecule has 0 radical (unpaired) electrons. The standard InChI is InChI=1S/C30H40N8O/c1-31-30-32-27(37-16-14-34(2)15-17-37)20-28(33-30)38-13-9-22-4-5-26(18-25(22)21-38)36-11-7-23(8-12-36)24-6-10-35(3)29(39)19-24/h4-6,10,18-20,23H,7-9,11-17,21H2,1-3H3,(H,31,32,33). The maximum absolute atomic E-state index is 12.1. The predicted octanol–water partition coefficient (Wildman–Crippen LogP) is 2.92. The molecule has 3 aliphatic heterocycles. The van der Waals surface area contributed by atoms with Gasteiger partial charge in [0.1, 0.15) is 11.6 Å². The van der Waals surface area contributed by atoms with Gasteiger partial charge in [-0.2, -0.15) is 9.97 Å². The van der Waals surface area contributed by atoms with Crippen molar-refractivity contribution in [2.75, 3.05) is 79.9 Å². The number of aryl methyl sites for hydroxylation is 1. The van der Waals surface area contributed by atoms with Crippen LogP contribution in [-0.4, -0.2) is 79.3 Å². The zero-order valence-electron chi connectivity index (χ0n) is 23.4. The molecule has 3 aromatic rings. The lowest BCUT2D eigenvalue weighted by atomic mass is 9.89. The van der Waals surface area contributed by atoms with Crippen molar-refractivity contribution in [2.24, 2.45) is 7.05 Å². The molecular formula is C30H40N8O. The Bertz CT molecular complexity index is 1370. The van der Waals surface area contributed by atoms with E-state index in [0.29, 0.717) is 11.9 Å². The molecule has 1 aromatic carbocycles. The summed E-state index contributed by atoms with van der Waals surface area (Å²) in [6.07, 6.45) is 5.05. The molecule has 6 rings (SSSR count). The molecule has 9 heteroatoms. The van der Waals surface area contributed by atoms with Crippen LogP contribution >= 0.6 is 0 Å². The van der Waals surface area contributed by atoms with Gasteiger partial charge >= 0.3 is 0 Å². The van der Waals surface area contributed by atoms with Crippen LogP contribution in [-0.2, 0) is 20.0 Å². The van der Waals surface area contributed by atoms with Gasteiger partial charge in [-0.1, -0.05) is 6.07 Å². The Balaban J connectivity index is 1.16. The molecule has 0 bridgehead atoms. The number of hydrogen-bond acceptors (Lipinski definition) is 8. The Morgan fingerprint density at radius 3 is 2.26 bits per heavy atom. The molecule has 0 spiro atoms. The second-order valence-electron chi connectivity index (χ2n) is 11.2. The van der Waals surface area contributed by atoms with Gasteiger partial charge in [0.25, 0.3) is 5.56 Å². The first-order valence-electron chi connectivity index (χ1n) is 14.3. The molecule has 2 saturated heterocycles. The molecule has 0 aliphatic carbocycles. The first-order valence-corrected chi connectivity index (χ1v) is 14.3. The van der Waals surface area contributed by atoms with E-state index in [1.165, 1.54) is 22.4 Å². The summed E-state index contributed by atoms with van der Waals surface area (Å²) in [7, 11) is 5.88. The summed E-state index contributed by atoms with van der Waals surface area (Å²) in [5.74, 6) is 3.14. The fraction of sp³-hybridized carbons (Fsp3) is 0.500. The molecule has 3 aliphatic rings. The van der Waals surface area contributed by atoms with Gasteiger partial charge in [0.2, 0.25) is 5.95 Å². The van der Waals surface area contributed by atoms with Crippen molar-refractivity contribution in [1.82, 2.24) is 19.4 Å². The van der Waals surface area contributed by atoms with Crippen LogP contribution in [0.3, 0.4) is 0 Å². The van der Waals surface area contributed by atoms with E-state index in [1.54, 1.807) is 4.57 Å². The SMILES string of the molecule is CNc1nc(N2CCN(C)CC2)cc(N2CCc3ccc(N4CCC(c5ccn(C)c(=O)c5)CC4)cc3C2)n1. The fourth-order valence-corrected chi connectivity index (χ4v) is 6.12. The highest BCUT2D eigenvalue weighted by Gasteiger charge is 2.25. The van der Waals surface area contributed by atoms with E-state index >= 15 is 0 Å². The van der Waals surface area contributed by atoms with Crippen molar-refractivity contribution in [2.45, 2.75) is 31.7 Å². The highest BCUT2D eigenvalue weighted by atomic mass is 16.1. The molecule has 5 heterocycles. The Morgan fingerprint density at radius 2 is 1.54 bits per heavy atom. The number of fused-ring (bicyclic) bond motifs is 1. The lowest BCUT2D eigenvalue weighted by Gasteiger charge is -2.36. The van der Waals surface area contributed by atoms with E-state index in [0.717, 1.165) is 83.3 Å². The quantitative estimate of drug-likeness (QED) is 0.542. The van der Waals surface area contributed by atoms with Gasteiger partial charge in [0.05, 0.1) is 0 Å². The average molecular weight is 529 g/mol. The highest BCUT2D eigenvalue weighted by molar-refractivity contribution is 5.58. The number of nitrogens with zero attached hydrogens (tertiary/aromatic N) is 7. The summed E-state index contributed by atoms with van der Waals surface area (Å²) in [5, 5.41) is 3.18. The van der Waals surface area contributed by atoms with Crippen molar-refractivity contribution in [3.05, 3.63) is 69.6 Å². The molecule has 2 aromatic heterocycles. The second kappa shape index (κ2) is 10.9. The number of hydrogen-bond donors (Lipinski definition) is 1. The summed E-state index contributed by atoms with van der Waals surface area (Å²) in [4.78, 5) is 31.4. The van der Waals surface area contributed by atoms with E-state index in [9.17, 15) is 4.79 Å². The van der Waals surface area contributed by atoms with Gasteiger partial charge in [0.15, 0.2) is 0 Å². The number of piperidine rings is 1. The number of pyridine rings is 1. The number of likely N-dealkylation sites (N-methyl/N-ethyl adjacent to an activating group) is 1. The van der Waals surface area contributed by atoms with Gasteiger partial charge in [-0.3, -0.25) is 4.79 Å². The van der Waals surface area contributed by atoms with Gasteiger partial charge in [-0.05, 0) is 67.1 Å². The molecule has 0 atom stereocenters. The Kier molecular flexibility index (Phi) is 7.16. The maximum Gasteiger partial charge on any atom is 0.250 e. The minimum absolute atomic E-state index is 0.0790. The summed E-state index contributed by atoms with van der Waals surface area (Å²) in [5.41, 5.74) is 5.39. The smallest absolute Gasteiger partial charge is 0.250 e. The highest BCUT2D eigenvalue weighted by Crippen LogP contribution is 2.33. The van der Waals surface area contributed by atoms with Crippen LogP contribution in [0.5, 0.6) is 0 Å². The topological polar surface area (TPSA) is 72.8 Å². The van der Waals surface area contributed by atoms with Crippen LogP contribution in [0.1, 0.15) is 35.4 Å². The third-order valence-electron chi connectivity index (χ3n) is 8.74. The number of anilines is 4. The summed E-state index contributed by atoms with van der Waals surface area (Å²) in [6.45, 7) is 7.90. The summed E-state index contributed by atoms with van der Waals surface area (Å²) < 4.78 is 1.64. The second-order valence-corrected chi connectivity index (χ2v) is 11.2. The fourth-order valence-electron chi connectivity index (χ4n) is 6.12. The predicted molar refractivity (Wildman–Crippen MR) is 158 cm³/mol. The number of rotatable bonds is 5. The van der Waals surface area contributed by atoms with Crippen LogP contribution in [0.4, 0.5) is 23.3 Å². The van der Waals surface area contributed by atoms with E-state index < -0.39 is 0 Å². The third kappa shape index (κ3) is 5.45. The van der Waals surface area contributed by atoms with Gasteiger partial charge in [-0.15, -0.1) is 0 Å². The molecule has 9 nitrogen and oxygen atoms in total. The number of piperazine rings is 1. The van der Waals surface area contributed by atoms with Crippen LogP contribution in [0.2, 0.25) is 0 Å². The molecule has 0 amide bonds. The Labute approximate surface area is 231 Å². The Morgan fingerprint density at radius 1 is 0.795 bits per heavy atom. The monoisotopic (exact) mass is 528 g/mol. The van der Waals surface area contributed by atoms with Gasteiger partial charge in [0, 0.05) is 90.5 Å². The van der Waals surface area contributed by atoms with Crippen molar-refractivity contribution in [3.63, 3.8) is 0 Å². The van der Waals surface area contributed by atoms with Crippen LogP contribution < -0.4 is 25.6 Å². The average Bonchev–Trinajstić information content (AvgIpc) is 2.98. The number of benzene rings is 1. The molecule has 0 unspecified atom stereocenters. The zero-order chi connectivity index (χ0) is 26.9. The first kappa shape index (κ1) is 25.7. The molecular weight excluding hydrogens is 488 g/mol. The van der Waals surface area contributed by atoms with Gasteiger partial charge in [-0.25, -0.2) is 0 Å². The van der Waals surface area contributed by atoms with Crippen molar-refractivity contribution >= 4 is 23.3 Å². The third-order valence-corrected chi connectivity index (χ3v) is 8.74. The zero-order valence-corrected chi connectivity index (χ0v) is 23.4. The largest absolute Gasteiger partial charge is 0.371 e. The molecule has 0 saturated carbocycles. The van der Waals surface area contributed by atoms with Crippen LogP contribution in [0, 0.1) is 0 Å². The lowest BCUT2D eigenvalue weighted by Crippen LogP contribution is -2.45. The van der Waals surface area contributed by atoms with E-state index in [1.807, 2.05) is 26.4 Å². The van der Waals surface area contributed by atoms with E-state index in [2.05, 4.69) is 62.3 Å². The molecule has 1 N–H and O–H groups in total. The van der Waals surface area contributed by atoms with Crippen molar-refractivity contribution < 1.29 is 0 Å². The van der Waals surface area contributed by atoms with E-state index in [4.69, 9.17) is 9.97 Å². The lowest BCUT2D eigenvalue weighted by molar-refractivity contribution is 0.312. The van der Waals surface area contributed by atoms with Gasteiger partial charge < -0.3 is 29.5 Å². The normalized spacial score (nSPS) is 18.8. The minimum atomic E-state index is 0.0790. The van der Waals surface area contributed by atoms with Crippen LogP contribution in [0.15, 0.2) is 47.4 Å². The summed E-state index contributed by atoms with van der Waals surface area (Å²) in [6, 6.07) is 13.1. The molecule has 206 valence electrons. The number of aromatic nitrogens is 3. The molecule has 2 fully saturated rings.